The molecule has 2 aliphatic rings. The molecule has 0 fully saturated rings. The van der Waals surface area contributed by atoms with Crippen molar-refractivity contribution >= 4 is 11.6 Å². The minimum Gasteiger partial charge on any atom is -0.485 e. The lowest BCUT2D eigenvalue weighted by molar-refractivity contribution is 0.275. The zero-order valence-electron chi connectivity index (χ0n) is 5.84. The van der Waals surface area contributed by atoms with Gasteiger partial charge in [0.15, 0.2) is 11.5 Å². The van der Waals surface area contributed by atoms with Crippen molar-refractivity contribution in [1.82, 2.24) is 0 Å². The summed E-state index contributed by atoms with van der Waals surface area (Å²) in [4.78, 5) is 0. The molecule has 2 bridgehead atoms. The van der Waals surface area contributed by atoms with Crippen LogP contribution in [0.2, 0.25) is 0 Å². The number of benzene rings is 1. The third-order valence-electron chi connectivity index (χ3n) is 1.49. The predicted molar refractivity (Wildman–Crippen MR) is 42.7 cm³/mol. The van der Waals surface area contributed by atoms with Gasteiger partial charge in [-0.3, -0.25) is 0 Å². The first-order valence-corrected chi connectivity index (χ1v) is 3.95. The fourth-order valence-corrected chi connectivity index (χ4v) is 1.09. The van der Waals surface area contributed by atoms with E-state index in [-0.39, 0.29) is 0 Å². The van der Waals surface area contributed by atoms with Crippen molar-refractivity contribution in [2.24, 2.45) is 0 Å². The fourth-order valence-electron chi connectivity index (χ4n) is 1.01. The van der Waals surface area contributed by atoms with Gasteiger partial charge in [0, 0.05) is 0 Å². The predicted octanol–water partition coefficient (Wildman–Crippen LogP) is 2.41. The van der Waals surface area contributed by atoms with E-state index in [0.717, 1.165) is 17.2 Å². The van der Waals surface area contributed by atoms with Crippen LogP contribution in [0.15, 0.2) is 18.2 Å². The van der Waals surface area contributed by atoms with Gasteiger partial charge in [-0.15, -0.1) is 11.6 Å². The van der Waals surface area contributed by atoms with Gasteiger partial charge in [-0.05, 0) is 12.1 Å². The Morgan fingerprint density at radius 2 is 2.09 bits per heavy atom. The smallest absolute Gasteiger partial charge is 0.204 e. The van der Waals surface area contributed by atoms with Crippen LogP contribution >= 0.6 is 11.6 Å². The van der Waals surface area contributed by atoms with Crippen LogP contribution in [-0.2, 0) is 0 Å². The minimum atomic E-state index is 0.508. The molecule has 2 heterocycles. The average Bonchev–Trinajstić information content (AvgIpc) is 2.06. The Balaban J connectivity index is 2.11. The molecule has 0 aromatic heterocycles. The molecule has 11 heavy (non-hydrogen) atoms. The molecule has 0 N–H and O–H groups in total. The number of halogens is 1. The highest BCUT2D eigenvalue weighted by atomic mass is 35.5. The van der Waals surface area contributed by atoms with Crippen LogP contribution in [-0.4, -0.2) is 12.5 Å². The van der Waals surface area contributed by atoms with E-state index >= 15 is 0 Å². The summed E-state index contributed by atoms with van der Waals surface area (Å²) in [6.45, 7) is 0.537. The number of rotatable bonds is 3. The third kappa shape index (κ3) is 1.03. The number of para-hydroxylation sites is 1. The van der Waals surface area contributed by atoms with Gasteiger partial charge in [0.05, 0.1) is 5.88 Å². The summed E-state index contributed by atoms with van der Waals surface area (Å²) in [5.74, 6) is 2.97. The second kappa shape index (κ2) is 2.62. The lowest BCUT2D eigenvalue weighted by Gasteiger charge is -2.22. The maximum absolute atomic E-state index is 5.46. The number of alkyl halides is 1. The Morgan fingerprint density at radius 3 is 2.64 bits per heavy atom. The molecule has 1 aromatic rings. The molecule has 2 aliphatic heterocycles. The van der Waals surface area contributed by atoms with Crippen LogP contribution in [0.25, 0.3) is 0 Å². The molecule has 1 aromatic carbocycles. The van der Waals surface area contributed by atoms with E-state index < -0.39 is 0 Å². The zero-order chi connectivity index (χ0) is 7.68. The fraction of sp³-hybridized carbons (Fsp3) is 0.250. The maximum atomic E-state index is 5.46. The van der Waals surface area contributed by atoms with Gasteiger partial charge in [-0.1, -0.05) is 6.07 Å². The molecule has 2 nitrogen and oxygen atoms in total. The molecule has 0 radical (unpaired) electrons. The zero-order valence-corrected chi connectivity index (χ0v) is 6.60. The van der Waals surface area contributed by atoms with Crippen LogP contribution in [0.4, 0.5) is 0 Å². The van der Waals surface area contributed by atoms with Gasteiger partial charge in [0.2, 0.25) is 5.75 Å². The Bertz CT molecular complexity index is 253. The van der Waals surface area contributed by atoms with Crippen molar-refractivity contribution in [2.45, 2.75) is 0 Å². The van der Waals surface area contributed by atoms with Crippen LogP contribution in [0, 0.1) is 0 Å². The third-order valence-corrected chi connectivity index (χ3v) is 1.64. The first-order valence-electron chi connectivity index (χ1n) is 3.41. The van der Waals surface area contributed by atoms with E-state index in [1.54, 1.807) is 0 Å². The molecule has 3 heteroatoms. The van der Waals surface area contributed by atoms with Crippen LogP contribution < -0.4 is 9.47 Å². The first kappa shape index (κ1) is 6.80. The molecular formula is C8H7ClO2. The number of ether oxygens (including phenoxy) is 2. The largest absolute Gasteiger partial charge is 0.485 e. The molecule has 0 saturated heterocycles. The Labute approximate surface area is 69.7 Å². The standard InChI is InChI=1S/C8H7ClO2/c9-4-5-10-8-6-2-1-3-7(8)11-6/h1-3H,4-5H2. The summed E-state index contributed by atoms with van der Waals surface area (Å²) >= 11 is 5.46. The van der Waals surface area contributed by atoms with E-state index in [2.05, 4.69) is 0 Å². The van der Waals surface area contributed by atoms with Crippen LogP contribution in [0.5, 0.6) is 17.2 Å². The SMILES string of the molecule is ClCCOc1c2cccc1O2. The summed E-state index contributed by atoms with van der Waals surface area (Å²) in [6, 6.07) is 5.68. The van der Waals surface area contributed by atoms with Gasteiger partial charge < -0.3 is 9.47 Å². The van der Waals surface area contributed by atoms with Gasteiger partial charge in [-0.25, -0.2) is 0 Å². The summed E-state index contributed by atoms with van der Waals surface area (Å²) in [5, 5.41) is 0. The van der Waals surface area contributed by atoms with E-state index in [0.29, 0.717) is 12.5 Å². The Kier molecular flexibility index (Phi) is 1.62. The lowest BCUT2D eigenvalue weighted by atomic mass is 10.2. The Morgan fingerprint density at radius 1 is 1.36 bits per heavy atom. The van der Waals surface area contributed by atoms with E-state index in [9.17, 15) is 0 Å². The Hall–Kier alpha value is -0.890. The summed E-state index contributed by atoms with van der Waals surface area (Å²) in [6.07, 6.45) is 0. The summed E-state index contributed by atoms with van der Waals surface area (Å²) in [7, 11) is 0. The molecule has 0 spiro atoms. The van der Waals surface area contributed by atoms with E-state index in [4.69, 9.17) is 21.1 Å². The highest BCUT2D eigenvalue weighted by molar-refractivity contribution is 6.18. The van der Waals surface area contributed by atoms with E-state index in [1.807, 2.05) is 18.2 Å². The summed E-state index contributed by atoms with van der Waals surface area (Å²) in [5.41, 5.74) is 0. The van der Waals surface area contributed by atoms with Gasteiger partial charge in [0.25, 0.3) is 0 Å². The van der Waals surface area contributed by atoms with Crippen molar-refractivity contribution < 1.29 is 9.47 Å². The highest BCUT2D eigenvalue weighted by Crippen LogP contribution is 2.49. The molecule has 0 amide bonds. The van der Waals surface area contributed by atoms with Crippen molar-refractivity contribution in [3.05, 3.63) is 18.2 Å². The topological polar surface area (TPSA) is 18.5 Å². The van der Waals surface area contributed by atoms with Gasteiger partial charge in [0.1, 0.15) is 6.61 Å². The number of hydrogen-bond acceptors (Lipinski definition) is 2. The molecule has 0 unspecified atom stereocenters. The number of hydrogen-bond donors (Lipinski definition) is 0. The van der Waals surface area contributed by atoms with Crippen LogP contribution in [0.3, 0.4) is 0 Å². The molecule has 0 saturated carbocycles. The quantitative estimate of drug-likeness (QED) is 0.659. The van der Waals surface area contributed by atoms with Crippen molar-refractivity contribution in [1.29, 1.82) is 0 Å². The van der Waals surface area contributed by atoms with Gasteiger partial charge >= 0.3 is 0 Å². The maximum Gasteiger partial charge on any atom is 0.204 e. The second-order valence-corrected chi connectivity index (χ2v) is 2.60. The normalized spacial score (nSPS) is 11.7. The monoisotopic (exact) mass is 170 g/mol. The lowest BCUT2D eigenvalue weighted by Crippen LogP contribution is -2.06. The first-order chi connectivity index (χ1) is 5.42. The van der Waals surface area contributed by atoms with Crippen molar-refractivity contribution in [3.63, 3.8) is 0 Å². The molecule has 0 aliphatic carbocycles. The average molecular weight is 171 g/mol. The second-order valence-electron chi connectivity index (χ2n) is 2.22. The molecule has 3 rings (SSSR count). The van der Waals surface area contributed by atoms with Crippen LogP contribution in [0.1, 0.15) is 0 Å². The highest BCUT2D eigenvalue weighted by Gasteiger charge is 2.22. The van der Waals surface area contributed by atoms with E-state index in [1.165, 1.54) is 0 Å². The molecular weight excluding hydrogens is 164 g/mol. The van der Waals surface area contributed by atoms with Crippen molar-refractivity contribution in [2.75, 3.05) is 12.5 Å². The molecule has 0 atom stereocenters. The minimum absolute atomic E-state index is 0.508. The summed E-state index contributed by atoms with van der Waals surface area (Å²) < 4.78 is 10.5. The van der Waals surface area contributed by atoms with Gasteiger partial charge in [-0.2, -0.15) is 0 Å². The number of fused-ring (bicyclic) bond motifs is 2. The van der Waals surface area contributed by atoms with Crippen molar-refractivity contribution in [3.8, 4) is 17.2 Å². The molecule has 58 valence electrons.